The smallest absolute Gasteiger partial charge is 0.255 e. The number of carbonyl (C=O) groups is 1. The van der Waals surface area contributed by atoms with Crippen LogP contribution in [0.4, 0.5) is 22.7 Å². The van der Waals surface area contributed by atoms with Crippen molar-refractivity contribution < 1.29 is 13.2 Å². The predicted octanol–water partition coefficient (Wildman–Crippen LogP) is 4.17. The summed E-state index contributed by atoms with van der Waals surface area (Å²) >= 11 is 0. The first-order chi connectivity index (χ1) is 15.0. The van der Waals surface area contributed by atoms with Crippen LogP contribution in [0.3, 0.4) is 0 Å². The van der Waals surface area contributed by atoms with E-state index in [4.69, 9.17) is 0 Å². The number of hydrogen-bond acceptors (Lipinski definition) is 4. The maximum absolute atomic E-state index is 13.1. The molecule has 2 aliphatic rings. The third kappa shape index (κ3) is 3.65. The second kappa shape index (κ2) is 7.74. The van der Waals surface area contributed by atoms with Crippen molar-refractivity contribution >= 4 is 38.7 Å². The molecular formula is C24H23N3O3S. The molecule has 0 aliphatic carbocycles. The quantitative estimate of drug-likeness (QED) is 0.670. The van der Waals surface area contributed by atoms with Crippen LogP contribution in [0.25, 0.3) is 0 Å². The van der Waals surface area contributed by atoms with Gasteiger partial charge in [0.2, 0.25) is 10.0 Å². The second-order valence-electron chi connectivity index (χ2n) is 7.79. The van der Waals surface area contributed by atoms with Gasteiger partial charge in [-0.15, -0.1) is 0 Å². The molecule has 1 amide bonds. The summed E-state index contributed by atoms with van der Waals surface area (Å²) in [4.78, 5) is 15.3. The van der Waals surface area contributed by atoms with Gasteiger partial charge in [0.05, 0.1) is 22.8 Å². The first-order valence-electron chi connectivity index (χ1n) is 10.4. The van der Waals surface area contributed by atoms with E-state index in [-0.39, 0.29) is 11.7 Å². The lowest BCUT2D eigenvalue weighted by molar-refractivity contribution is 0.102. The average Bonchev–Trinajstić information content (AvgIpc) is 3.37. The summed E-state index contributed by atoms with van der Waals surface area (Å²) in [6.45, 7) is 1.30. The van der Waals surface area contributed by atoms with Crippen molar-refractivity contribution in [2.45, 2.75) is 12.8 Å². The number of nitrogens with one attached hydrogen (secondary N) is 1. The summed E-state index contributed by atoms with van der Waals surface area (Å²) in [5.74, 6) is -0.118. The van der Waals surface area contributed by atoms with Gasteiger partial charge in [0.15, 0.2) is 0 Å². The first-order valence-corrected chi connectivity index (χ1v) is 12.0. The van der Waals surface area contributed by atoms with E-state index in [0.29, 0.717) is 24.2 Å². The van der Waals surface area contributed by atoms with Crippen molar-refractivity contribution in [2.75, 3.05) is 33.4 Å². The van der Waals surface area contributed by atoms with E-state index >= 15 is 0 Å². The van der Waals surface area contributed by atoms with E-state index in [1.54, 1.807) is 24.3 Å². The molecule has 1 fully saturated rings. The lowest BCUT2D eigenvalue weighted by atomic mass is 10.1. The van der Waals surface area contributed by atoms with Crippen LogP contribution in [0.1, 0.15) is 22.3 Å². The van der Waals surface area contributed by atoms with E-state index in [9.17, 15) is 13.2 Å². The molecule has 5 rings (SSSR count). The third-order valence-electron chi connectivity index (χ3n) is 5.83. The van der Waals surface area contributed by atoms with Crippen molar-refractivity contribution in [1.29, 1.82) is 0 Å². The van der Waals surface area contributed by atoms with E-state index in [1.165, 1.54) is 9.87 Å². The van der Waals surface area contributed by atoms with Crippen molar-refractivity contribution in [3.8, 4) is 0 Å². The number of para-hydroxylation sites is 3. The Labute approximate surface area is 182 Å². The number of sulfonamides is 1. The van der Waals surface area contributed by atoms with Gasteiger partial charge in [-0.05, 0) is 54.8 Å². The Morgan fingerprint density at radius 2 is 1.65 bits per heavy atom. The Morgan fingerprint density at radius 3 is 2.45 bits per heavy atom. The van der Waals surface area contributed by atoms with Gasteiger partial charge >= 0.3 is 0 Å². The SMILES string of the molecule is O=C(Nc1ccccc1N1CCc2ccccc21)c1cccc(N2CCCS2(=O)=O)c1. The van der Waals surface area contributed by atoms with Crippen LogP contribution in [0, 0.1) is 0 Å². The van der Waals surface area contributed by atoms with E-state index < -0.39 is 10.0 Å². The Balaban J connectivity index is 1.42. The monoisotopic (exact) mass is 433 g/mol. The lowest BCUT2D eigenvalue weighted by Gasteiger charge is -2.23. The molecule has 1 saturated heterocycles. The van der Waals surface area contributed by atoms with Crippen LogP contribution >= 0.6 is 0 Å². The largest absolute Gasteiger partial charge is 0.339 e. The molecule has 7 heteroatoms. The molecule has 158 valence electrons. The minimum atomic E-state index is -3.29. The van der Waals surface area contributed by atoms with Gasteiger partial charge in [-0.1, -0.05) is 36.4 Å². The van der Waals surface area contributed by atoms with Crippen LogP contribution < -0.4 is 14.5 Å². The summed E-state index contributed by atoms with van der Waals surface area (Å²) in [6.07, 6.45) is 1.56. The highest BCUT2D eigenvalue weighted by molar-refractivity contribution is 7.93. The summed E-state index contributed by atoms with van der Waals surface area (Å²) in [7, 11) is -3.29. The number of nitrogens with zero attached hydrogens (tertiary/aromatic N) is 2. The molecule has 1 N–H and O–H groups in total. The fourth-order valence-corrected chi connectivity index (χ4v) is 5.89. The Kier molecular flexibility index (Phi) is 4.90. The fourth-order valence-electron chi connectivity index (χ4n) is 4.33. The number of rotatable bonds is 4. The molecule has 6 nitrogen and oxygen atoms in total. The van der Waals surface area contributed by atoms with Gasteiger partial charge < -0.3 is 10.2 Å². The van der Waals surface area contributed by atoms with Crippen LogP contribution in [0.15, 0.2) is 72.8 Å². The first kappa shape index (κ1) is 19.6. The molecule has 31 heavy (non-hydrogen) atoms. The van der Waals surface area contributed by atoms with Crippen LogP contribution in [-0.2, 0) is 16.4 Å². The minimum absolute atomic E-state index is 0.147. The average molecular weight is 434 g/mol. The molecule has 0 bridgehead atoms. The highest BCUT2D eigenvalue weighted by atomic mass is 32.2. The van der Waals surface area contributed by atoms with Crippen molar-refractivity contribution in [1.82, 2.24) is 0 Å². The van der Waals surface area contributed by atoms with E-state index in [0.717, 1.165) is 30.0 Å². The number of amides is 1. The van der Waals surface area contributed by atoms with Gasteiger partial charge in [-0.2, -0.15) is 0 Å². The number of benzene rings is 3. The fraction of sp³-hybridized carbons (Fsp3) is 0.208. The Morgan fingerprint density at radius 1 is 0.871 bits per heavy atom. The maximum atomic E-state index is 13.1. The van der Waals surface area contributed by atoms with Crippen LogP contribution in [-0.4, -0.2) is 33.2 Å². The van der Waals surface area contributed by atoms with Crippen molar-refractivity contribution in [3.05, 3.63) is 83.9 Å². The number of fused-ring (bicyclic) bond motifs is 1. The maximum Gasteiger partial charge on any atom is 0.255 e. The zero-order valence-corrected chi connectivity index (χ0v) is 17.8. The third-order valence-corrected chi connectivity index (χ3v) is 7.70. The van der Waals surface area contributed by atoms with Gasteiger partial charge in [-0.25, -0.2) is 8.42 Å². The van der Waals surface area contributed by atoms with Gasteiger partial charge in [0.25, 0.3) is 5.91 Å². The predicted molar refractivity (Wildman–Crippen MR) is 124 cm³/mol. The van der Waals surface area contributed by atoms with Gasteiger partial charge in [0, 0.05) is 24.3 Å². The second-order valence-corrected chi connectivity index (χ2v) is 9.81. The molecule has 3 aromatic rings. The Hall–Kier alpha value is -3.32. The topological polar surface area (TPSA) is 69.7 Å². The van der Waals surface area contributed by atoms with E-state index in [2.05, 4.69) is 22.3 Å². The molecule has 0 unspecified atom stereocenters. The molecule has 0 saturated carbocycles. The highest BCUT2D eigenvalue weighted by Gasteiger charge is 2.29. The van der Waals surface area contributed by atoms with Crippen LogP contribution in [0.5, 0.6) is 0 Å². The molecular weight excluding hydrogens is 410 g/mol. The highest BCUT2D eigenvalue weighted by Crippen LogP contribution is 2.38. The zero-order valence-electron chi connectivity index (χ0n) is 17.0. The van der Waals surface area contributed by atoms with E-state index in [1.807, 2.05) is 36.4 Å². The summed E-state index contributed by atoms with van der Waals surface area (Å²) < 4.78 is 25.9. The molecule has 0 radical (unpaired) electrons. The summed E-state index contributed by atoms with van der Waals surface area (Å²) in [5, 5.41) is 3.02. The lowest BCUT2D eigenvalue weighted by Crippen LogP contribution is -2.25. The number of anilines is 4. The number of carbonyl (C=O) groups excluding carboxylic acids is 1. The normalized spacial score (nSPS) is 16.9. The number of hydrogen-bond donors (Lipinski definition) is 1. The molecule has 2 heterocycles. The van der Waals surface area contributed by atoms with Gasteiger partial charge in [0.1, 0.15) is 0 Å². The minimum Gasteiger partial charge on any atom is -0.339 e. The summed E-state index contributed by atoms with van der Waals surface area (Å²) in [6, 6.07) is 22.9. The zero-order chi connectivity index (χ0) is 21.4. The standard InChI is InChI=1S/C24H23N3O3S/c28-24(19-8-5-9-20(17-19)27-14-6-16-31(27,29)30)25-21-10-2-4-12-23(21)26-15-13-18-7-1-3-11-22(18)26/h1-5,7-12,17H,6,13-16H2,(H,25,28). The molecule has 0 aromatic heterocycles. The van der Waals surface area contributed by atoms with Crippen molar-refractivity contribution in [3.63, 3.8) is 0 Å². The van der Waals surface area contributed by atoms with Gasteiger partial charge in [-0.3, -0.25) is 9.10 Å². The summed E-state index contributed by atoms with van der Waals surface area (Å²) in [5.41, 5.74) is 5.08. The molecule has 0 atom stereocenters. The molecule has 3 aromatic carbocycles. The Bertz CT molecular complexity index is 1260. The van der Waals surface area contributed by atoms with Crippen LogP contribution in [0.2, 0.25) is 0 Å². The molecule has 2 aliphatic heterocycles. The van der Waals surface area contributed by atoms with Crippen molar-refractivity contribution in [2.24, 2.45) is 0 Å². The molecule has 0 spiro atoms.